The summed E-state index contributed by atoms with van der Waals surface area (Å²) in [6.45, 7) is 5.69. The largest absolute Gasteiger partial charge is 0.394 e. The molecule has 0 fully saturated rings. The van der Waals surface area contributed by atoms with Gasteiger partial charge in [0.1, 0.15) is 0 Å². The number of hydrogen-bond acceptors (Lipinski definition) is 4. The summed E-state index contributed by atoms with van der Waals surface area (Å²) in [5, 5.41) is 15.0. The van der Waals surface area contributed by atoms with Gasteiger partial charge in [-0.15, -0.1) is 0 Å². The lowest BCUT2D eigenvalue weighted by atomic mass is 9.99. The number of rotatable bonds is 7. The van der Waals surface area contributed by atoms with Crippen molar-refractivity contribution in [2.75, 3.05) is 6.61 Å². The first-order valence-corrected chi connectivity index (χ1v) is 7.93. The third-order valence-corrected chi connectivity index (χ3v) is 4.32. The van der Waals surface area contributed by atoms with Gasteiger partial charge in [-0.3, -0.25) is 14.7 Å². The Balaban J connectivity index is 2.06. The number of carbonyl (C=O) groups excluding carboxylic acids is 1. The molecule has 3 N–H and O–H groups in total. The van der Waals surface area contributed by atoms with E-state index in [9.17, 15) is 14.7 Å². The molecule has 2 heterocycles. The van der Waals surface area contributed by atoms with Gasteiger partial charge in [-0.05, 0) is 19.3 Å². The minimum Gasteiger partial charge on any atom is -0.394 e. The minimum atomic E-state index is -0.251. The molecule has 0 aliphatic heterocycles. The summed E-state index contributed by atoms with van der Waals surface area (Å²) in [4.78, 5) is 28.8. The number of aryl methyl sites for hydroxylation is 1. The van der Waals surface area contributed by atoms with Crippen LogP contribution in [-0.4, -0.2) is 38.3 Å². The number of nitrogens with one attached hydrogen (secondary N) is 2. The molecule has 0 radical (unpaired) electrons. The van der Waals surface area contributed by atoms with Crippen molar-refractivity contribution in [3.63, 3.8) is 0 Å². The Bertz CT molecular complexity index is 734. The molecule has 0 bridgehead atoms. The topological polar surface area (TPSA) is 99.5 Å². The molecule has 2 aromatic rings. The zero-order valence-corrected chi connectivity index (χ0v) is 13.8. The third-order valence-electron chi connectivity index (χ3n) is 4.32. The van der Waals surface area contributed by atoms with E-state index >= 15 is 0 Å². The molecule has 7 heteroatoms. The van der Waals surface area contributed by atoms with Crippen LogP contribution in [0.25, 0.3) is 5.65 Å². The average Bonchev–Trinajstić information content (AvgIpc) is 3.00. The van der Waals surface area contributed by atoms with Gasteiger partial charge in [-0.2, -0.15) is 0 Å². The van der Waals surface area contributed by atoms with E-state index in [1.54, 1.807) is 19.2 Å². The van der Waals surface area contributed by atoms with Crippen molar-refractivity contribution in [2.24, 2.45) is 5.92 Å². The Morgan fingerprint density at radius 3 is 2.91 bits per heavy atom. The molecule has 1 amide bonds. The molecule has 0 aliphatic carbocycles. The highest BCUT2D eigenvalue weighted by Crippen LogP contribution is 2.09. The monoisotopic (exact) mass is 320 g/mol. The highest BCUT2D eigenvalue weighted by Gasteiger charge is 2.18. The molecule has 7 nitrogen and oxygen atoms in total. The van der Waals surface area contributed by atoms with Gasteiger partial charge in [-0.1, -0.05) is 20.3 Å². The number of aromatic nitrogens is 3. The normalized spacial score (nSPS) is 13.9. The molecule has 0 saturated carbocycles. The van der Waals surface area contributed by atoms with Crippen molar-refractivity contribution in [1.82, 2.24) is 19.9 Å². The van der Waals surface area contributed by atoms with Crippen LogP contribution < -0.4 is 10.9 Å². The van der Waals surface area contributed by atoms with Crippen molar-refractivity contribution in [3.8, 4) is 0 Å². The first-order valence-electron chi connectivity index (χ1n) is 7.93. The lowest BCUT2D eigenvalue weighted by Crippen LogP contribution is -2.42. The molecule has 0 spiro atoms. The smallest absolute Gasteiger partial charge is 0.276 e. The fourth-order valence-corrected chi connectivity index (χ4v) is 2.56. The molecule has 2 rings (SSSR count). The minimum absolute atomic E-state index is 0.0849. The number of carbonyl (C=O) groups is 1. The quantitative estimate of drug-likeness (QED) is 0.702. The summed E-state index contributed by atoms with van der Waals surface area (Å²) in [6, 6.07) is 1.47. The standard InChI is InChI=1S/C16H24N4O3/c1-4-10(2)13(9-21)19-15(22)6-5-12-11(3)18-14-7-8-17-20(14)16(12)23/h7-8,10,13,17,21H,4-6,9H2,1-3H3,(H,19,22). The summed E-state index contributed by atoms with van der Waals surface area (Å²) in [7, 11) is 0. The number of hydrogen-bond donors (Lipinski definition) is 3. The molecular weight excluding hydrogens is 296 g/mol. The van der Waals surface area contributed by atoms with E-state index in [-0.39, 0.29) is 36.5 Å². The van der Waals surface area contributed by atoms with Crippen LogP contribution in [0.15, 0.2) is 17.1 Å². The van der Waals surface area contributed by atoms with Gasteiger partial charge in [-0.25, -0.2) is 9.50 Å². The van der Waals surface area contributed by atoms with Crippen molar-refractivity contribution in [1.29, 1.82) is 0 Å². The molecule has 23 heavy (non-hydrogen) atoms. The van der Waals surface area contributed by atoms with Crippen molar-refractivity contribution < 1.29 is 9.90 Å². The van der Waals surface area contributed by atoms with Crippen LogP contribution >= 0.6 is 0 Å². The van der Waals surface area contributed by atoms with Crippen molar-refractivity contribution >= 4 is 11.6 Å². The Hall–Kier alpha value is -2.15. The molecule has 0 saturated heterocycles. The molecule has 2 atom stereocenters. The molecule has 0 aliphatic rings. The summed E-state index contributed by atoms with van der Waals surface area (Å²) in [6.07, 6.45) is 3.04. The van der Waals surface area contributed by atoms with E-state index in [0.29, 0.717) is 23.3 Å². The van der Waals surface area contributed by atoms with Gasteiger partial charge < -0.3 is 10.4 Å². The van der Waals surface area contributed by atoms with Crippen LogP contribution in [0.2, 0.25) is 0 Å². The predicted molar refractivity (Wildman–Crippen MR) is 87.3 cm³/mol. The maximum Gasteiger partial charge on any atom is 0.276 e. The average molecular weight is 320 g/mol. The van der Waals surface area contributed by atoms with Crippen LogP contribution in [0.4, 0.5) is 0 Å². The Morgan fingerprint density at radius 2 is 2.26 bits per heavy atom. The second-order valence-corrected chi connectivity index (χ2v) is 5.88. The Labute approximate surface area is 134 Å². The number of aliphatic hydroxyl groups excluding tert-OH is 1. The maximum absolute atomic E-state index is 12.4. The van der Waals surface area contributed by atoms with E-state index in [1.165, 1.54) is 4.52 Å². The van der Waals surface area contributed by atoms with Crippen LogP contribution in [0.3, 0.4) is 0 Å². The number of aromatic amines is 1. The maximum atomic E-state index is 12.4. The fraction of sp³-hybridized carbons (Fsp3) is 0.562. The number of H-pyrrole nitrogens is 1. The molecule has 0 aromatic carbocycles. The summed E-state index contributed by atoms with van der Waals surface area (Å²) in [5.41, 5.74) is 1.57. The SMILES string of the molecule is CCC(C)C(CO)NC(=O)CCc1c(C)nc2cc[nH]n2c1=O. The highest BCUT2D eigenvalue weighted by molar-refractivity contribution is 5.76. The zero-order chi connectivity index (χ0) is 17.0. The Kier molecular flexibility index (Phi) is 5.54. The van der Waals surface area contributed by atoms with Gasteiger partial charge in [0.15, 0.2) is 5.65 Å². The number of fused-ring (bicyclic) bond motifs is 1. The molecule has 126 valence electrons. The summed E-state index contributed by atoms with van der Waals surface area (Å²) in [5.74, 6) is 0.0352. The first-order chi connectivity index (χ1) is 11.0. The highest BCUT2D eigenvalue weighted by atomic mass is 16.3. The molecule has 2 aromatic heterocycles. The van der Waals surface area contributed by atoms with Gasteiger partial charge in [0.2, 0.25) is 5.91 Å². The number of aliphatic hydroxyl groups is 1. The summed E-state index contributed by atoms with van der Waals surface area (Å²) < 4.78 is 1.37. The molecular formula is C16H24N4O3. The van der Waals surface area contributed by atoms with E-state index in [4.69, 9.17) is 0 Å². The summed E-state index contributed by atoms with van der Waals surface area (Å²) >= 11 is 0. The zero-order valence-electron chi connectivity index (χ0n) is 13.8. The van der Waals surface area contributed by atoms with E-state index in [1.807, 2.05) is 13.8 Å². The fourth-order valence-electron chi connectivity index (χ4n) is 2.56. The van der Waals surface area contributed by atoms with Gasteiger partial charge in [0.25, 0.3) is 5.56 Å². The first kappa shape index (κ1) is 17.2. The lowest BCUT2D eigenvalue weighted by Gasteiger charge is -2.22. The predicted octanol–water partition coefficient (Wildman–Crippen LogP) is 0.787. The second kappa shape index (κ2) is 7.41. The van der Waals surface area contributed by atoms with Crippen LogP contribution in [0, 0.1) is 12.8 Å². The lowest BCUT2D eigenvalue weighted by molar-refractivity contribution is -0.122. The van der Waals surface area contributed by atoms with E-state index in [0.717, 1.165) is 6.42 Å². The van der Waals surface area contributed by atoms with Gasteiger partial charge in [0, 0.05) is 29.9 Å². The van der Waals surface area contributed by atoms with Crippen molar-refractivity contribution in [2.45, 2.75) is 46.1 Å². The van der Waals surface area contributed by atoms with E-state index in [2.05, 4.69) is 15.4 Å². The molecule has 2 unspecified atom stereocenters. The number of nitrogens with zero attached hydrogens (tertiary/aromatic N) is 2. The van der Waals surface area contributed by atoms with Gasteiger partial charge in [0.05, 0.1) is 12.6 Å². The van der Waals surface area contributed by atoms with Gasteiger partial charge >= 0.3 is 0 Å². The Morgan fingerprint density at radius 1 is 1.52 bits per heavy atom. The third kappa shape index (κ3) is 3.79. The van der Waals surface area contributed by atoms with Crippen LogP contribution in [-0.2, 0) is 11.2 Å². The van der Waals surface area contributed by atoms with E-state index < -0.39 is 0 Å². The van der Waals surface area contributed by atoms with Crippen LogP contribution in [0.5, 0.6) is 0 Å². The van der Waals surface area contributed by atoms with Crippen LogP contribution in [0.1, 0.15) is 37.9 Å². The second-order valence-electron chi connectivity index (χ2n) is 5.88. The number of amides is 1. The van der Waals surface area contributed by atoms with Crippen molar-refractivity contribution in [3.05, 3.63) is 33.9 Å².